The van der Waals surface area contributed by atoms with Crippen LogP contribution in [-0.4, -0.2) is 71.9 Å². The van der Waals surface area contributed by atoms with Crippen molar-refractivity contribution >= 4 is 41.2 Å². The summed E-state index contributed by atoms with van der Waals surface area (Å²) in [6.45, 7) is 0.223. The molecule has 2 aromatic rings. The van der Waals surface area contributed by atoms with Gasteiger partial charge in [0, 0.05) is 42.3 Å². The van der Waals surface area contributed by atoms with Crippen LogP contribution in [0.15, 0.2) is 66.7 Å². The number of benzene rings is 2. The Morgan fingerprint density at radius 3 is 1.88 bits per heavy atom. The molecule has 0 aromatic heterocycles. The third-order valence-corrected chi connectivity index (χ3v) is 11.4. The normalized spacial score (nSPS) is 26.0. The van der Waals surface area contributed by atoms with Crippen molar-refractivity contribution in [1.29, 1.82) is 0 Å². The number of rotatable bonds is 7. The van der Waals surface area contributed by atoms with E-state index in [1.165, 1.54) is 0 Å². The van der Waals surface area contributed by atoms with Crippen molar-refractivity contribution in [1.82, 2.24) is 26.6 Å². The van der Waals surface area contributed by atoms with Crippen LogP contribution in [-0.2, 0) is 35.2 Å². The average Bonchev–Trinajstić information content (AvgIpc) is 3.20. The van der Waals surface area contributed by atoms with E-state index >= 15 is 0 Å². The smallest absolute Gasteiger partial charge is 0.244 e. The van der Waals surface area contributed by atoms with Crippen LogP contribution >= 0.6 is 0 Å². The summed E-state index contributed by atoms with van der Waals surface area (Å²) in [5.74, 6) is -3.68. The minimum Gasteiger partial charge on any atom is -0.368 e. The lowest BCUT2D eigenvalue weighted by Gasteiger charge is -2.32. The monoisotopic (exact) mass is 782 g/mol. The van der Waals surface area contributed by atoms with Gasteiger partial charge in [0.1, 0.15) is 18.1 Å². The quantitative estimate of drug-likeness (QED) is 0.230. The van der Waals surface area contributed by atoms with Crippen LogP contribution in [0.4, 0.5) is 0 Å². The number of carbonyl (C=O) groups excluding carboxylic acids is 7. The maximum Gasteiger partial charge on any atom is 0.244 e. The SMILES string of the molecule is NC(=O)[C@@H]1CCCCNC(=O)[C@@H](Cc2ccc(C(=O)c3ccccc3)cc2)NC(=O)[C@H](CC2CCCCC2)NC(=O)[C@H]2CCCCCCC2NC(=O)/C=C/C(=O)N1. The summed E-state index contributed by atoms with van der Waals surface area (Å²) >= 11 is 0. The number of fused-ring (bicyclic) bond motifs is 1. The van der Waals surface area contributed by atoms with Crippen LogP contribution in [0.5, 0.6) is 0 Å². The van der Waals surface area contributed by atoms with E-state index in [-0.39, 0.29) is 37.0 Å². The fourth-order valence-corrected chi connectivity index (χ4v) is 8.20. The number of hydrogen-bond acceptors (Lipinski definition) is 7. The fourth-order valence-electron chi connectivity index (χ4n) is 8.20. The van der Waals surface area contributed by atoms with Gasteiger partial charge in [-0.25, -0.2) is 0 Å². The first-order valence-corrected chi connectivity index (χ1v) is 20.7. The number of ketones is 1. The van der Waals surface area contributed by atoms with Gasteiger partial charge in [0.2, 0.25) is 35.4 Å². The molecule has 0 radical (unpaired) electrons. The molecule has 1 heterocycles. The van der Waals surface area contributed by atoms with Crippen molar-refractivity contribution < 1.29 is 33.6 Å². The van der Waals surface area contributed by atoms with Gasteiger partial charge >= 0.3 is 0 Å². The van der Waals surface area contributed by atoms with E-state index in [4.69, 9.17) is 5.73 Å². The van der Waals surface area contributed by atoms with E-state index < -0.39 is 59.6 Å². The second-order valence-electron chi connectivity index (χ2n) is 15.8. The number of hydrogen-bond donors (Lipinski definition) is 6. The number of nitrogens with two attached hydrogens (primary N) is 1. The molecule has 306 valence electrons. The number of carbonyl (C=O) groups is 7. The van der Waals surface area contributed by atoms with Crippen molar-refractivity contribution in [3.8, 4) is 0 Å². The van der Waals surface area contributed by atoms with Gasteiger partial charge in [0.15, 0.2) is 5.78 Å². The lowest BCUT2D eigenvalue weighted by Crippen LogP contribution is -2.57. The molecular weight excluding hydrogens is 725 g/mol. The fraction of sp³-hybridized carbons (Fsp3) is 0.523. The van der Waals surface area contributed by atoms with Gasteiger partial charge in [-0.1, -0.05) is 112 Å². The molecule has 1 unspecified atom stereocenters. The molecule has 0 spiro atoms. The molecule has 1 aliphatic heterocycles. The number of amides is 6. The maximum atomic E-state index is 14.3. The minimum atomic E-state index is -1.01. The van der Waals surface area contributed by atoms with Gasteiger partial charge < -0.3 is 32.3 Å². The minimum absolute atomic E-state index is 0.126. The second-order valence-corrected chi connectivity index (χ2v) is 15.8. The van der Waals surface area contributed by atoms with Crippen molar-refractivity contribution in [3.63, 3.8) is 0 Å². The standard InChI is InChI=1S/C44H58N6O7/c45-41(54)35-19-11-12-26-46-43(56)36(28-30-20-22-32(23-21-30)40(53)31-15-7-4-8-16-31)50-44(57)37(27-29-13-5-3-6-14-29)49-42(55)33-17-9-1-2-10-18-34(33)47-38(51)24-25-39(52)48-35/h4,7-8,15-16,20-25,29,33-37H,1-3,5-6,9-14,17-19,26-28H2,(H2,45,54)(H,46,56)(H,47,51)(H,48,52)(H,49,55)(H,50,57)/b25-24+/t33-,34?,35-,36+,37-/m0/s1. The van der Waals surface area contributed by atoms with Crippen LogP contribution in [0.25, 0.3) is 0 Å². The second kappa shape index (κ2) is 21.8. The molecule has 13 heteroatoms. The highest BCUT2D eigenvalue weighted by Crippen LogP contribution is 2.29. The van der Waals surface area contributed by atoms with Gasteiger partial charge in [-0.2, -0.15) is 0 Å². The van der Waals surface area contributed by atoms with Crippen LogP contribution in [0.3, 0.4) is 0 Å². The summed E-state index contributed by atoms with van der Waals surface area (Å²) in [5, 5.41) is 14.4. The van der Waals surface area contributed by atoms with Crippen molar-refractivity contribution in [2.75, 3.05) is 6.54 Å². The van der Waals surface area contributed by atoms with Crippen molar-refractivity contribution in [3.05, 3.63) is 83.4 Å². The Morgan fingerprint density at radius 1 is 0.579 bits per heavy atom. The van der Waals surface area contributed by atoms with E-state index in [0.717, 1.165) is 75.5 Å². The molecule has 13 nitrogen and oxygen atoms in total. The molecule has 3 aliphatic rings. The molecule has 5 atom stereocenters. The number of nitrogens with one attached hydrogen (secondary N) is 5. The molecule has 0 saturated heterocycles. The molecule has 5 rings (SSSR count). The zero-order valence-corrected chi connectivity index (χ0v) is 32.8. The highest BCUT2D eigenvalue weighted by molar-refractivity contribution is 6.09. The van der Waals surface area contributed by atoms with Crippen LogP contribution in [0.2, 0.25) is 0 Å². The van der Waals surface area contributed by atoms with E-state index in [1.54, 1.807) is 48.5 Å². The molecule has 7 N–H and O–H groups in total. The predicted octanol–water partition coefficient (Wildman–Crippen LogP) is 3.68. The lowest BCUT2D eigenvalue weighted by molar-refractivity contribution is -0.134. The largest absolute Gasteiger partial charge is 0.368 e. The highest BCUT2D eigenvalue weighted by atomic mass is 16.2. The third kappa shape index (κ3) is 13.4. The lowest BCUT2D eigenvalue weighted by atomic mass is 9.83. The molecular formula is C44H58N6O7. The average molecular weight is 783 g/mol. The first kappa shape index (κ1) is 42.8. The van der Waals surface area contributed by atoms with E-state index in [0.29, 0.717) is 43.2 Å². The summed E-state index contributed by atoms with van der Waals surface area (Å²) in [6.07, 6.45) is 13.4. The molecule has 6 amide bonds. The Balaban J connectivity index is 1.42. The van der Waals surface area contributed by atoms with Crippen molar-refractivity contribution in [2.24, 2.45) is 17.6 Å². The van der Waals surface area contributed by atoms with Crippen LogP contribution < -0.4 is 32.3 Å². The Morgan fingerprint density at radius 2 is 1.18 bits per heavy atom. The molecule has 2 fully saturated rings. The van der Waals surface area contributed by atoms with E-state index in [1.807, 2.05) is 6.07 Å². The Kier molecular flexibility index (Phi) is 16.4. The van der Waals surface area contributed by atoms with Gasteiger partial charge in [-0.15, -0.1) is 0 Å². The van der Waals surface area contributed by atoms with E-state index in [9.17, 15) is 33.6 Å². The first-order chi connectivity index (χ1) is 27.6. The Bertz CT molecular complexity index is 1740. The molecule has 2 aromatic carbocycles. The summed E-state index contributed by atoms with van der Waals surface area (Å²) < 4.78 is 0. The first-order valence-electron chi connectivity index (χ1n) is 20.7. The highest BCUT2D eigenvalue weighted by Gasteiger charge is 2.35. The van der Waals surface area contributed by atoms with E-state index in [2.05, 4.69) is 26.6 Å². The van der Waals surface area contributed by atoms with Crippen LogP contribution in [0, 0.1) is 11.8 Å². The molecule has 0 bridgehead atoms. The van der Waals surface area contributed by atoms with Gasteiger partial charge in [0.05, 0.1) is 5.92 Å². The number of primary amides is 1. The van der Waals surface area contributed by atoms with Crippen LogP contribution in [0.1, 0.15) is 118 Å². The topological polar surface area (TPSA) is 206 Å². The predicted molar refractivity (Wildman–Crippen MR) is 215 cm³/mol. The molecule has 2 saturated carbocycles. The summed E-state index contributed by atoms with van der Waals surface area (Å²) in [5.41, 5.74) is 7.34. The van der Waals surface area contributed by atoms with Crippen molar-refractivity contribution in [2.45, 2.75) is 127 Å². The summed E-state index contributed by atoms with van der Waals surface area (Å²) in [6, 6.07) is 12.5. The Hall–Kier alpha value is -5.33. The van der Waals surface area contributed by atoms with Gasteiger partial charge in [0.25, 0.3) is 0 Å². The van der Waals surface area contributed by atoms with Gasteiger partial charge in [-0.3, -0.25) is 33.6 Å². The maximum absolute atomic E-state index is 14.3. The summed E-state index contributed by atoms with van der Waals surface area (Å²) in [7, 11) is 0. The molecule has 57 heavy (non-hydrogen) atoms. The zero-order chi connectivity index (χ0) is 40.6. The Labute approximate surface area is 335 Å². The summed E-state index contributed by atoms with van der Waals surface area (Å²) in [4.78, 5) is 93.5. The van der Waals surface area contributed by atoms with Gasteiger partial charge in [-0.05, 0) is 50.0 Å². The molecule has 2 aliphatic carbocycles. The zero-order valence-electron chi connectivity index (χ0n) is 32.8. The third-order valence-electron chi connectivity index (χ3n) is 11.4.